The van der Waals surface area contributed by atoms with Crippen LogP contribution in [0.25, 0.3) is 0 Å². The van der Waals surface area contributed by atoms with E-state index in [1.165, 1.54) is 22.7 Å². The van der Waals surface area contributed by atoms with Gasteiger partial charge in [-0.3, -0.25) is 9.59 Å². The SMILES string of the molecule is CCOC(=O)c1cccc(C)c1NC(=O)C=C1SCC(=O)N1C. The van der Waals surface area contributed by atoms with E-state index in [0.29, 0.717) is 22.0 Å². The zero-order valence-electron chi connectivity index (χ0n) is 13.2. The molecule has 1 saturated heterocycles. The van der Waals surface area contributed by atoms with Crippen LogP contribution >= 0.6 is 11.8 Å². The highest BCUT2D eigenvalue weighted by molar-refractivity contribution is 8.04. The van der Waals surface area contributed by atoms with Gasteiger partial charge in [-0.1, -0.05) is 23.9 Å². The number of thioether (sulfide) groups is 1. The Morgan fingerprint density at radius 2 is 2.17 bits per heavy atom. The van der Waals surface area contributed by atoms with E-state index in [4.69, 9.17) is 4.74 Å². The Morgan fingerprint density at radius 1 is 1.43 bits per heavy atom. The molecule has 23 heavy (non-hydrogen) atoms. The molecule has 1 aromatic carbocycles. The standard InChI is InChI=1S/C16H18N2O4S/c1-4-22-16(21)11-7-5-6-10(2)15(11)17-12(19)8-14-18(3)13(20)9-23-14/h5-8H,4,9H2,1-3H3,(H,17,19). The van der Waals surface area contributed by atoms with Crippen LogP contribution in [0.2, 0.25) is 0 Å². The minimum Gasteiger partial charge on any atom is -0.462 e. The Balaban J connectivity index is 2.23. The Morgan fingerprint density at radius 3 is 2.78 bits per heavy atom. The lowest BCUT2D eigenvalue weighted by Gasteiger charge is -2.13. The molecule has 1 heterocycles. The van der Waals surface area contributed by atoms with Gasteiger partial charge in [0, 0.05) is 13.1 Å². The number of anilines is 1. The van der Waals surface area contributed by atoms with Crippen molar-refractivity contribution in [2.75, 3.05) is 24.7 Å². The fourth-order valence-corrected chi connectivity index (χ4v) is 3.03. The highest BCUT2D eigenvalue weighted by atomic mass is 32.2. The minimum atomic E-state index is -0.485. The first-order chi connectivity index (χ1) is 10.9. The monoisotopic (exact) mass is 334 g/mol. The van der Waals surface area contributed by atoms with Crippen molar-refractivity contribution in [2.24, 2.45) is 0 Å². The van der Waals surface area contributed by atoms with Crippen LogP contribution in [-0.2, 0) is 14.3 Å². The first-order valence-corrected chi connectivity index (χ1v) is 8.11. The van der Waals surface area contributed by atoms with Crippen molar-refractivity contribution in [3.05, 3.63) is 40.4 Å². The van der Waals surface area contributed by atoms with Gasteiger partial charge in [-0.2, -0.15) is 0 Å². The molecule has 1 aliphatic heterocycles. The quantitative estimate of drug-likeness (QED) is 0.674. The van der Waals surface area contributed by atoms with E-state index in [1.54, 1.807) is 39.1 Å². The van der Waals surface area contributed by atoms with Gasteiger partial charge in [0.15, 0.2) is 0 Å². The molecule has 0 spiro atoms. The van der Waals surface area contributed by atoms with Crippen molar-refractivity contribution >= 4 is 35.2 Å². The smallest absolute Gasteiger partial charge is 0.340 e. The lowest BCUT2D eigenvalue weighted by atomic mass is 10.1. The summed E-state index contributed by atoms with van der Waals surface area (Å²) in [4.78, 5) is 37.1. The van der Waals surface area contributed by atoms with Gasteiger partial charge in [-0.15, -0.1) is 0 Å². The van der Waals surface area contributed by atoms with Gasteiger partial charge in [-0.25, -0.2) is 4.79 Å². The molecule has 0 saturated carbocycles. The molecule has 0 radical (unpaired) electrons. The van der Waals surface area contributed by atoms with Crippen LogP contribution in [0.3, 0.4) is 0 Å². The van der Waals surface area contributed by atoms with E-state index >= 15 is 0 Å². The number of rotatable bonds is 4. The number of aryl methyl sites for hydroxylation is 1. The predicted molar refractivity (Wildman–Crippen MR) is 89.1 cm³/mol. The van der Waals surface area contributed by atoms with Crippen LogP contribution in [0.5, 0.6) is 0 Å². The zero-order valence-corrected chi connectivity index (χ0v) is 14.0. The summed E-state index contributed by atoms with van der Waals surface area (Å²) in [5.41, 5.74) is 1.48. The van der Waals surface area contributed by atoms with Gasteiger partial charge in [0.25, 0.3) is 5.91 Å². The molecule has 0 unspecified atom stereocenters. The second kappa shape index (κ2) is 7.32. The van der Waals surface area contributed by atoms with Crippen molar-refractivity contribution < 1.29 is 19.1 Å². The van der Waals surface area contributed by atoms with Gasteiger partial charge in [0.2, 0.25) is 5.91 Å². The summed E-state index contributed by atoms with van der Waals surface area (Å²) in [6, 6.07) is 5.13. The van der Waals surface area contributed by atoms with E-state index in [-0.39, 0.29) is 12.5 Å². The average Bonchev–Trinajstić information content (AvgIpc) is 2.81. The molecular weight excluding hydrogens is 316 g/mol. The van der Waals surface area contributed by atoms with Gasteiger partial charge in [0.1, 0.15) is 0 Å². The number of para-hydroxylation sites is 1. The van der Waals surface area contributed by atoms with Crippen LogP contribution < -0.4 is 5.32 Å². The molecular formula is C16H18N2O4S. The summed E-state index contributed by atoms with van der Waals surface area (Å²) >= 11 is 1.31. The lowest BCUT2D eigenvalue weighted by molar-refractivity contribution is -0.124. The van der Waals surface area contributed by atoms with E-state index in [0.717, 1.165) is 5.56 Å². The summed E-state index contributed by atoms with van der Waals surface area (Å²) in [5.74, 6) is -0.596. The molecule has 1 aromatic rings. The normalized spacial score (nSPS) is 15.9. The second-order valence-electron chi connectivity index (χ2n) is 4.93. The molecule has 0 bridgehead atoms. The van der Waals surface area contributed by atoms with Crippen LogP contribution in [0.15, 0.2) is 29.3 Å². The first-order valence-electron chi connectivity index (χ1n) is 7.12. The molecule has 2 amide bonds. The number of nitrogens with zero attached hydrogens (tertiary/aromatic N) is 1. The number of benzene rings is 1. The van der Waals surface area contributed by atoms with E-state index in [2.05, 4.69) is 5.32 Å². The maximum absolute atomic E-state index is 12.2. The Labute approximate surface area is 138 Å². The molecule has 122 valence electrons. The third-order valence-corrected chi connectivity index (χ3v) is 4.40. The molecule has 1 aliphatic rings. The number of amides is 2. The fourth-order valence-electron chi connectivity index (χ4n) is 2.07. The van der Waals surface area contributed by atoms with E-state index in [9.17, 15) is 14.4 Å². The molecule has 2 rings (SSSR count). The van der Waals surface area contributed by atoms with Crippen molar-refractivity contribution in [3.8, 4) is 0 Å². The molecule has 1 N–H and O–H groups in total. The third kappa shape index (κ3) is 3.92. The summed E-state index contributed by atoms with van der Waals surface area (Å²) in [6.07, 6.45) is 1.36. The van der Waals surface area contributed by atoms with Gasteiger partial charge in [0.05, 0.1) is 28.6 Å². The summed E-state index contributed by atoms with van der Waals surface area (Å²) < 4.78 is 5.01. The number of carbonyl (C=O) groups excluding carboxylic acids is 3. The van der Waals surface area contributed by atoms with Crippen molar-refractivity contribution in [1.29, 1.82) is 0 Å². The fraction of sp³-hybridized carbons (Fsp3) is 0.312. The van der Waals surface area contributed by atoms with Crippen molar-refractivity contribution in [1.82, 2.24) is 4.90 Å². The number of ether oxygens (including phenoxy) is 1. The molecule has 1 fully saturated rings. The topological polar surface area (TPSA) is 75.7 Å². The van der Waals surface area contributed by atoms with E-state index < -0.39 is 11.9 Å². The van der Waals surface area contributed by atoms with Gasteiger partial charge in [-0.05, 0) is 25.5 Å². The van der Waals surface area contributed by atoms with Crippen molar-refractivity contribution in [2.45, 2.75) is 13.8 Å². The zero-order chi connectivity index (χ0) is 17.0. The van der Waals surface area contributed by atoms with Crippen LogP contribution in [0.4, 0.5) is 5.69 Å². The highest BCUT2D eigenvalue weighted by Gasteiger charge is 2.24. The Bertz CT molecular complexity index is 685. The second-order valence-corrected chi connectivity index (χ2v) is 5.93. The van der Waals surface area contributed by atoms with Crippen molar-refractivity contribution in [3.63, 3.8) is 0 Å². The van der Waals surface area contributed by atoms with Crippen LogP contribution in [0, 0.1) is 6.92 Å². The molecule has 0 atom stereocenters. The number of esters is 1. The molecule has 0 aliphatic carbocycles. The van der Waals surface area contributed by atoms with Gasteiger partial charge >= 0.3 is 5.97 Å². The summed E-state index contributed by atoms with van der Waals surface area (Å²) in [7, 11) is 1.62. The van der Waals surface area contributed by atoms with Crippen LogP contribution in [0.1, 0.15) is 22.8 Å². The maximum atomic E-state index is 12.2. The third-order valence-electron chi connectivity index (χ3n) is 3.32. The molecule has 6 nitrogen and oxygen atoms in total. The van der Waals surface area contributed by atoms with E-state index in [1.807, 2.05) is 0 Å². The molecule has 7 heteroatoms. The largest absolute Gasteiger partial charge is 0.462 e. The van der Waals surface area contributed by atoms with Gasteiger partial charge < -0.3 is 15.0 Å². The summed E-state index contributed by atoms with van der Waals surface area (Å²) in [6.45, 7) is 3.78. The number of hydrogen-bond acceptors (Lipinski definition) is 5. The average molecular weight is 334 g/mol. The minimum absolute atomic E-state index is 0.0443. The van der Waals surface area contributed by atoms with Crippen LogP contribution in [-0.4, -0.2) is 42.1 Å². The lowest BCUT2D eigenvalue weighted by Crippen LogP contribution is -2.21. The number of carbonyl (C=O) groups is 3. The maximum Gasteiger partial charge on any atom is 0.340 e. The Kier molecular flexibility index (Phi) is 5.44. The first kappa shape index (κ1) is 17.1. The predicted octanol–water partition coefficient (Wildman–Crippen LogP) is 2.16. The Hall–Kier alpha value is -2.28. The molecule has 0 aromatic heterocycles. The highest BCUT2D eigenvalue weighted by Crippen LogP contribution is 2.27. The summed E-state index contributed by atoms with van der Waals surface area (Å²) in [5, 5.41) is 3.30. The number of nitrogens with one attached hydrogen (secondary N) is 1. The number of hydrogen-bond donors (Lipinski definition) is 1.